The van der Waals surface area contributed by atoms with E-state index in [1.807, 2.05) is 37.4 Å². The Morgan fingerprint density at radius 3 is 2.63 bits per heavy atom. The van der Waals surface area contributed by atoms with Crippen LogP contribution in [0.5, 0.6) is 11.5 Å². The van der Waals surface area contributed by atoms with Crippen LogP contribution in [0.3, 0.4) is 0 Å². The SMILES string of the molecule is CCOc1ccc(NCc2csnn2)cc1OCC. The van der Waals surface area contributed by atoms with Crippen LogP contribution in [0.2, 0.25) is 0 Å². The van der Waals surface area contributed by atoms with Crippen LogP contribution in [0.15, 0.2) is 23.6 Å². The molecule has 102 valence electrons. The Labute approximate surface area is 116 Å². The number of benzene rings is 1. The first kappa shape index (κ1) is 13.6. The Bertz CT molecular complexity index is 503. The molecular weight excluding hydrogens is 262 g/mol. The molecule has 19 heavy (non-hydrogen) atoms. The van der Waals surface area contributed by atoms with Crippen LogP contribution in [0, 0.1) is 0 Å². The summed E-state index contributed by atoms with van der Waals surface area (Å²) in [5.41, 5.74) is 1.90. The van der Waals surface area contributed by atoms with Crippen LogP contribution in [-0.2, 0) is 6.54 Å². The van der Waals surface area contributed by atoms with Gasteiger partial charge < -0.3 is 14.8 Å². The topological polar surface area (TPSA) is 56.3 Å². The van der Waals surface area contributed by atoms with Crippen molar-refractivity contribution in [1.82, 2.24) is 9.59 Å². The van der Waals surface area contributed by atoms with Gasteiger partial charge in [0.15, 0.2) is 11.5 Å². The van der Waals surface area contributed by atoms with E-state index >= 15 is 0 Å². The molecule has 2 rings (SSSR count). The lowest BCUT2D eigenvalue weighted by molar-refractivity contribution is 0.288. The first-order valence-corrected chi connectivity index (χ1v) is 7.06. The molecule has 6 heteroatoms. The van der Waals surface area contributed by atoms with Crippen molar-refractivity contribution < 1.29 is 9.47 Å². The maximum Gasteiger partial charge on any atom is 0.163 e. The average molecular weight is 279 g/mol. The van der Waals surface area contributed by atoms with Crippen molar-refractivity contribution >= 4 is 17.2 Å². The van der Waals surface area contributed by atoms with Crippen LogP contribution in [-0.4, -0.2) is 22.8 Å². The van der Waals surface area contributed by atoms with Crippen molar-refractivity contribution in [1.29, 1.82) is 0 Å². The first-order valence-electron chi connectivity index (χ1n) is 6.23. The molecule has 1 aromatic carbocycles. The molecule has 0 radical (unpaired) electrons. The molecule has 5 nitrogen and oxygen atoms in total. The minimum Gasteiger partial charge on any atom is -0.490 e. The van der Waals surface area contributed by atoms with Crippen LogP contribution < -0.4 is 14.8 Å². The number of aromatic nitrogens is 2. The van der Waals surface area contributed by atoms with Gasteiger partial charge in [0.2, 0.25) is 0 Å². The second-order valence-corrected chi connectivity index (χ2v) is 4.39. The summed E-state index contributed by atoms with van der Waals surface area (Å²) >= 11 is 1.35. The van der Waals surface area contributed by atoms with Gasteiger partial charge in [0, 0.05) is 17.1 Å². The lowest BCUT2D eigenvalue weighted by atomic mass is 10.2. The molecule has 0 saturated heterocycles. The third-order valence-corrected chi connectivity index (χ3v) is 2.98. The molecule has 0 unspecified atom stereocenters. The molecule has 1 aromatic heterocycles. The fourth-order valence-corrected chi connectivity index (χ4v) is 2.07. The van der Waals surface area contributed by atoms with Gasteiger partial charge in [0.1, 0.15) is 0 Å². The minimum atomic E-state index is 0.611. The molecule has 0 saturated carbocycles. The van der Waals surface area contributed by atoms with Crippen molar-refractivity contribution in [2.75, 3.05) is 18.5 Å². The van der Waals surface area contributed by atoms with E-state index in [1.54, 1.807) is 0 Å². The van der Waals surface area contributed by atoms with Gasteiger partial charge in [0.25, 0.3) is 0 Å². The van der Waals surface area contributed by atoms with E-state index in [-0.39, 0.29) is 0 Å². The van der Waals surface area contributed by atoms with Gasteiger partial charge in [-0.1, -0.05) is 4.49 Å². The maximum absolute atomic E-state index is 5.58. The highest BCUT2D eigenvalue weighted by molar-refractivity contribution is 7.03. The predicted molar refractivity (Wildman–Crippen MR) is 76.0 cm³/mol. The molecule has 0 atom stereocenters. The third kappa shape index (κ3) is 3.82. The lowest BCUT2D eigenvalue weighted by Gasteiger charge is -2.13. The van der Waals surface area contributed by atoms with Gasteiger partial charge in [-0.25, -0.2) is 0 Å². The summed E-state index contributed by atoms with van der Waals surface area (Å²) in [5.74, 6) is 1.52. The Morgan fingerprint density at radius 1 is 1.16 bits per heavy atom. The number of anilines is 1. The minimum absolute atomic E-state index is 0.611. The van der Waals surface area contributed by atoms with Crippen LogP contribution in [0.1, 0.15) is 19.5 Å². The zero-order valence-corrected chi connectivity index (χ0v) is 11.9. The molecule has 0 aliphatic heterocycles. The lowest BCUT2D eigenvalue weighted by Crippen LogP contribution is -2.02. The molecular formula is C13H17N3O2S. The average Bonchev–Trinajstić information content (AvgIpc) is 2.93. The summed E-state index contributed by atoms with van der Waals surface area (Å²) in [6.45, 7) is 5.79. The first-order chi connectivity index (χ1) is 9.33. The quantitative estimate of drug-likeness (QED) is 0.844. The molecule has 0 bridgehead atoms. The van der Waals surface area contributed by atoms with Crippen molar-refractivity contribution in [3.63, 3.8) is 0 Å². The highest BCUT2D eigenvalue weighted by Crippen LogP contribution is 2.30. The van der Waals surface area contributed by atoms with E-state index < -0.39 is 0 Å². The Kier molecular flexibility index (Phi) is 4.97. The molecule has 0 aliphatic rings. The van der Waals surface area contributed by atoms with E-state index in [9.17, 15) is 0 Å². The molecule has 0 aliphatic carbocycles. The number of hydrogen-bond donors (Lipinski definition) is 1. The van der Waals surface area contributed by atoms with Gasteiger partial charge >= 0.3 is 0 Å². The van der Waals surface area contributed by atoms with E-state index in [4.69, 9.17) is 9.47 Å². The van der Waals surface area contributed by atoms with Crippen LogP contribution in [0.4, 0.5) is 5.69 Å². The fraction of sp³-hybridized carbons (Fsp3) is 0.385. The molecule has 0 amide bonds. The van der Waals surface area contributed by atoms with Crippen molar-refractivity contribution in [2.24, 2.45) is 0 Å². The Hall–Kier alpha value is -1.82. The van der Waals surface area contributed by atoms with E-state index in [1.165, 1.54) is 11.5 Å². The number of rotatable bonds is 7. The molecule has 1 heterocycles. The normalized spacial score (nSPS) is 10.2. The van der Waals surface area contributed by atoms with E-state index in [0.29, 0.717) is 19.8 Å². The van der Waals surface area contributed by atoms with Gasteiger partial charge in [0.05, 0.1) is 25.5 Å². The van der Waals surface area contributed by atoms with Gasteiger partial charge in [-0.2, -0.15) is 0 Å². The summed E-state index contributed by atoms with van der Waals surface area (Å²) in [5, 5.41) is 9.19. The van der Waals surface area contributed by atoms with Crippen molar-refractivity contribution in [3.05, 3.63) is 29.3 Å². The predicted octanol–water partition coefficient (Wildman–Crippen LogP) is 2.95. The van der Waals surface area contributed by atoms with Crippen molar-refractivity contribution in [2.45, 2.75) is 20.4 Å². The summed E-state index contributed by atoms with van der Waals surface area (Å²) < 4.78 is 14.9. The van der Waals surface area contributed by atoms with Crippen LogP contribution >= 0.6 is 11.5 Å². The third-order valence-electron chi connectivity index (χ3n) is 2.42. The number of nitrogens with one attached hydrogen (secondary N) is 1. The van der Waals surface area contributed by atoms with E-state index in [0.717, 1.165) is 22.9 Å². The van der Waals surface area contributed by atoms with Crippen molar-refractivity contribution in [3.8, 4) is 11.5 Å². The second kappa shape index (κ2) is 6.94. The summed E-state index contributed by atoms with van der Waals surface area (Å²) in [6.07, 6.45) is 0. The summed E-state index contributed by atoms with van der Waals surface area (Å²) in [7, 11) is 0. The monoisotopic (exact) mass is 279 g/mol. The number of nitrogens with zero attached hydrogens (tertiary/aromatic N) is 2. The maximum atomic E-state index is 5.58. The van der Waals surface area contributed by atoms with Crippen LogP contribution in [0.25, 0.3) is 0 Å². The Balaban J connectivity index is 2.06. The Morgan fingerprint density at radius 2 is 1.95 bits per heavy atom. The number of hydrogen-bond acceptors (Lipinski definition) is 6. The second-order valence-electron chi connectivity index (χ2n) is 3.78. The fourth-order valence-electron chi connectivity index (χ4n) is 1.61. The highest BCUT2D eigenvalue weighted by atomic mass is 32.1. The van der Waals surface area contributed by atoms with Gasteiger partial charge in [-0.15, -0.1) is 5.10 Å². The molecule has 0 spiro atoms. The molecule has 2 aromatic rings. The standard InChI is InChI=1S/C13H17N3O2S/c1-3-17-12-6-5-10(7-13(12)18-4-2)14-8-11-9-19-16-15-11/h5-7,9,14H,3-4,8H2,1-2H3. The number of ether oxygens (including phenoxy) is 2. The van der Waals surface area contributed by atoms with E-state index in [2.05, 4.69) is 14.9 Å². The van der Waals surface area contributed by atoms with Gasteiger partial charge in [-0.05, 0) is 37.5 Å². The smallest absolute Gasteiger partial charge is 0.163 e. The van der Waals surface area contributed by atoms with Gasteiger partial charge in [-0.3, -0.25) is 0 Å². The summed E-state index contributed by atoms with van der Waals surface area (Å²) in [4.78, 5) is 0. The zero-order valence-electron chi connectivity index (χ0n) is 11.0. The largest absolute Gasteiger partial charge is 0.490 e. The summed E-state index contributed by atoms with van der Waals surface area (Å²) in [6, 6.07) is 5.82. The molecule has 1 N–H and O–H groups in total. The highest BCUT2D eigenvalue weighted by Gasteiger charge is 2.06. The zero-order chi connectivity index (χ0) is 13.5. The molecule has 0 fully saturated rings.